The molecule has 3 heterocycles. The third-order valence-electron chi connectivity index (χ3n) is 5.23. The molecule has 4 rings (SSSR count). The van der Waals surface area contributed by atoms with Gasteiger partial charge >= 0.3 is 5.97 Å². The molecular formula is C22H24N4O5S2. The highest BCUT2D eigenvalue weighted by molar-refractivity contribution is 7.89. The highest BCUT2D eigenvalue weighted by Gasteiger charge is 2.31. The molecule has 0 atom stereocenters. The zero-order valence-corrected chi connectivity index (χ0v) is 19.7. The van der Waals surface area contributed by atoms with Crippen LogP contribution in [0.2, 0.25) is 0 Å². The van der Waals surface area contributed by atoms with Gasteiger partial charge in [0, 0.05) is 25.0 Å². The van der Waals surface area contributed by atoms with E-state index in [1.165, 1.54) is 15.1 Å². The van der Waals surface area contributed by atoms with Gasteiger partial charge in [0.15, 0.2) is 5.69 Å². The Hall–Kier alpha value is -3.02. The number of carbonyl (C=O) groups is 2. The average Bonchev–Trinajstić information content (AvgIpc) is 3.51. The third kappa shape index (κ3) is 5.00. The third-order valence-corrected chi connectivity index (χ3v) is 8.21. The van der Waals surface area contributed by atoms with Crippen LogP contribution in [0.5, 0.6) is 0 Å². The number of hydrogen-bond donors (Lipinski definition) is 1. The van der Waals surface area contributed by atoms with Crippen LogP contribution in [0.1, 0.15) is 46.3 Å². The molecule has 0 spiro atoms. The van der Waals surface area contributed by atoms with Crippen molar-refractivity contribution in [2.24, 2.45) is 0 Å². The monoisotopic (exact) mass is 488 g/mol. The lowest BCUT2D eigenvalue weighted by atomic mass is 10.2. The summed E-state index contributed by atoms with van der Waals surface area (Å²) in [6, 6.07) is 9.89. The number of carbonyl (C=O) groups excluding carboxylic acids is 2. The maximum Gasteiger partial charge on any atom is 0.358 e. The molecule has 1 saturated heterocycles. The van der Waals surface area contributed by atoms with Crippen LogP contribution in [0.25, 0.3) is 5.69 Å². The van der Waals surface area contributed by atoms with E-state index in [1.54, 1.807) is 48.8 Å². The van der Waals surface area contributed by atoms with Crippen LogP contribution in [0.3, 0.4) is 0 Å². The van der Waals surface area contributed by atoms with Crippen LogP contribution in [-0.4, -0.2) is 54.1 Å². The number of nitrogens with zero attached hydrogens (tertiary/aromatic N) is 3. The van der Waals surface area contributed by atoms with Gasteiger partial charge in [-0.25, -0.2) is 17.9 Å². The number of hydrogen-bond acceptors (Lipinski definition) is 7. The van der Waals surface area contributed by atoms with Gasteiger partial charge in [-0.15, -0.1) is 11.3 Å². The summed E-state index contributed by atoms with van der Waals surface area (Å²) in [5.41, 5.74) is 1.40. The first-order valence-electron chi connectivity index (χ1n) is 10.6. The zero-order valence-electron chi connectivity index (χ0n) is 18.1. The number of amides is 1. The van der Waals surface area contributed by atoms with E-state index in [1.807, 2.05) is 0 Å². The summed E-state index contributed by atoms with van der Waals surface area (Å²) in [6.45, 7) is 2.95. The summed E-state index contributed by atoms with van der Waals surface area (Å²) in [4.78, 5) is 24.9. The standard InChI is InChI=1S/C22H24N4O5S2/c1-2-31-22(28)18-10-14-26(24-18)17-8-6-16(7-9-17)23-21(27)20-19(11-15-32-20)33(29,30)25-12-4-3-5-13-25/h6-11,14-15H,2-5,12-13H2,1H3,(H,23,27). The van der Waals surface area contributed by atoms with Crippen LogP contribution in [-0.2, 0) is 14.8 Å². The molecule has 1 amide bonds. The highest BCUT2D eigenvalue weighted by atomic mass is 32.2. The van der Waals surface area contributed by atoms with E-state index in [9.17, 15) is 18.0 Å². The molecule has 0 unspecified atom stereocenters. The lowest BCUT2D eigenvalue weighted by molar-refractivity contribution is 0.0518. The van der Waals surface area contributed by atoms with Gasteiger partial charge in [-0.1, -0.05) is 6.42 Å². The predicted molar refractivity (Wildman–Crippen MR) is 124 cm³/mol. The van der Waals surface area contributed by atoms with Crippen molar-refractivity contribution in [3.05, 3.63) is 58.5 Å². The van der Waals surface area contributed by atoms with Gasteiger partial charge in [0.2, 0.25) is 10.0 Å². The fourth-order valence-electron chi connectivity index (χ4n) is 3.58. The van der Waals surface area contributed by atoms with E-state index >= 15 is 0 Å². The van der Waals surface area contributed by atoms with Gasteiger partial charge in [-0.2, -0.15) is 9.40 Å². The summed E-state index contributed by atoms with van der Waals surface area (Å²) in [6.07, 6.45) is 4.31. The molecule has 1 aromatic carbocycles. The van der Waals surface area contributed by atoms with Gasteiger partial charge in [-0.05, 0) is 61.5 Å². The number of ether oxygens (including phenoxy) is 1. The Bertz CT molecular complexity index is 1240. The predicted octanol–water partition coefficient (Wildman–Crippen LogP) is 3.54. The molecule has 0 bridgehead atoms. The van der Waals surface area contributed by atoms with E-state index in [0.29, 0.717) is 24.5 Å². The van der Waals surface area contributed by atoms with Crippen molar-refractivity contribution in [1.82, 2.24) is 14.1 Å². The number of sulfonamides is 1. The summed E-state index contributed by atoms with van der Waals surface area (Å²) in [5, 5.41) is 8.58. The van der Waals surface area contributed by atoms with Gasteiger partial charge in [0.1, 0.15) is 9.77 Å². The molecular weight excluding hydrogens is 464 g/mol. The molecule has 174 valence electrons. The van der Waals surface area contributed by atoms with Crippen LogP contribution < -0.4 is 5.32 Å². The van der Waals surface area contributed by atoms with Crippen molar-refractivity contribution >= 4 is 38.9 Å². The molecule has 1 aliphatic heterocycles. The summed E-state index contributed by atoms with van der Waals surface area (Å²) >= 11 is 1.10. The fraction of sp³-hybridized carbons (Fsp3) is 0.318. The number of anilines is 1. The second-order valence-corrected chi connectivity index (χ2v) is 10.3. The molecule has 1 N–H and O–H groups in total. The summed E-state index contributed by atoms with van der Waals surface area (Å²) in [5.74, 6) is -0.969. The lowest BCUT2D eigenvalue weighted by Gasteiger charge is -2.25. The Morgan fingerprint density at radius 2 is 1.82 bits per heavy atom. The van der Waals surface area contributed by atoms with Crippen molar-refractivity contribution in [2.45, 2.75) is 31.1 Å². The van der Waals surface area contributed by atoms with Crippen molar-refractivity contribution in [1.29, 1.82) is 0 Å². The van der Waals surface area contributed by atoms with Gasteiger partial charge in [-0.3, -0.25) is 4.79 Å². The van der Waals surface area contributed by atoms with E-state index in [2.05, 4.69) is 10.4 Å². The van der Waals surface area contributed by atoms with Crippen molar-refractivity contribution in [2.75, 3.05) is 25.0 Å². The number of thiophene rings is 1. The summed E-state index contributed by atoms with van der Waals surface area (Å²) in [7, 11) is -3.70. The number of rotatable bonds is 7. The molecule has 1 fully saturated rings. The van der Waals surface area contributed by atoms with Crippen LogP contribution in [0.15, 0.2) is 52.9 Å². The van der Waals surface area contributed by atoms with Gasteiger partial charge in [0.05, 0.1) is 12.3 Å². The largest absolute Gasteiger partial charge is 0.461 e. The molecule has 11 heteroatoms. The second-order valence-electron chi connectivity index (χ2n) is 7.45. The number of piperidine rings is 1. The Kier molecular flexibility index (Phi) is 6.91. The quantitative estimate of drug-likeness (QED) is 0.510. The minimum atomic E-state index is -3.70. The van der Waals surface area contributed by atoms with E-state index < -0.39 is 21.9 Å². The summed E-state index contributed by atoms with van der Waals surface area (Å²) < 4.78 is 34.0. The number of esters is 1. The van der Waals surface area contributed by atoms with Crippen LogP contribution >= 0.6 is 11.3 Å². The number of aromatic nitrogens is 2. The normalized spacial score (nSPS) is 14.7. The topological polar surface area (TPSA) is 111 Å². The molecule has 0 saturated carbocycles. The number of nitrogens with one attached hydrogen (secondary N) is 1. The van der Waals surface area contributed by atoms with E-state index in [0.717, 1.165) is 30.6 Å². The minimum Gasteiger partial charge on any atom is -0.461 e. The van der Waals surface area contributed by atoms with E-state index in [-0.39, 0.29) is 22.1 Å². The Balaban J connectivity index is 1.47. The van der Waals surface area contributed by atoms with Crippen molar-refractivity contribution in [3.63, 3.8) is 0 Å². The van der Waals surface area contributed by atoms with E-state index in [4.69, 9.17) is 4.74 Å². The first kappa shape index (κ1) is 23.1. The molecule has 1 aliphatic rings. The first-order chi connectivity index (χ1) is 15.9. The lowest BCUT2D eigenvalue weighted by Crippen LogP contribution is -2.36. The molecule has 9 nitrogen and oxygen atoms in total. The molecule has 3 aromatic rings. The van der Waals surface area contributed by atoms with Crippen molar-refractivity contribution < 1.29 is 22.7 Å². The van der Waals surface area contributed by atoms with Crippen molar-refractivity contribution in [3.8, 4) is 5.69 Å². The Morgan fingerprint density at radius 3 is 2.52 bits per heavy atom. The SMILES string of the molecule is CCOC(=O)c1ccn(-c2ccc(NC(=O)c3sccc3S(=O)(=O)N3CCCCC3)cc2)n1. The maximum absolute atomic E-state index is 13.0. The Labute approximate surface area is 196 Å². The molecule has 0 radical (unpaired) electrons. The maximum atomic E-state index is 13.0. The first-order valence-corrected chi connectivity index (χ1v) is 12.9. The Morgan fingerprint density at radius 1 is 1.09 bits per heavy atom. The highest BCUT2D eigenvalue weighted by Crippen LogP contribution is 2.28. The van der Waals surface area contributed by atoms with Gasteiger partial charge < -0.3 is 10.1 Å². The smallest absolute Gasteiger partial charge is 0.358 e. The minimum absolute atomic E-state index is 0.0477. The molecule has 0 aliphatic carbocycles. The zero-order chi connectivity index (χ0) is 23.4. The fourth-order valence-corrected chi connectivity index (χ4v) is 6.39. The number of benzene rings is 1. The average molecular weight is 489 g/mol. The van der Waals surface area contributed by atoms with Gasteiger partial charge in [0.25, 0.3) is 5.91 Å². The van der Waals surface area contributed by atoms with Crippen LogP contribution in [0.4, 0.5) is 5.69 Å². The second kappa shape index (κ2) is 9.86. The molecule has 2 aromatic heterocycles. The molecule has 33 heavy (non-hydrogen) atoms. The van der Waals surface area contributed by atoms with Crippen LogP contribution in [0, 0.1) is 0 Å².